The van der Waals surface area contributed by atoms with Gasteiger partial charge in [0.2, 0.25) is 23.6 Å². The largest absolute Gasteiger partial charge is 0.480 e. The highest BCUT2D eigenvalue weighted by Crippen LogP contribution is 2.10. The van der Waals surface area contributed by atoms with Gasteiger partial charge in [0.15, 0.2) is 11.9 Å². The minimum Gasteiger partial charge on any atom is -0.480 e. The number of aliphatic imine (C=N–C) groups is 2. The van der Waals surface area contributed by atoms with Gasteiger partial charge < -0.3 is 60.0 Å². The van der Waals surface area contributed by atoms with Gasteiger partial charge in [-0.1, -0.05) is 34.1 Å². The summed E-state index contributed by atoms with van der Waals surface area (Å²) in [4.78, 5) is 80.2. The molecule has 0 spiro atoms. The van der Waals surface area contributed by atoms with Crippen molar-refractivity contribution >= 4 is 41.5 Å². The van der Waals surface area contributed by atoms with Crippen molar-refractivity contribution in [1.82, 2.24) is 31.2 Å². The van der Waals surface area contributed by atoms with Gasteiger partial charge in [0, 0.05) is 31.4 Å². The second-order valence-corrected chi connectivity index (χ2v) is 12.3. The van der Waals surface area contributed by atoms with Gasteiger partial charge in [-0.15, -0.1) is 0 Å². The van der Waals surface area contributed by atoms with Crippen LogP contribution in [0.5, 0.6) is 0 Å². The maximum absolute atomic E-state index is 13.8. The van der Waals surface area contributed by atoms with Crippen molar-refractivity contribution in [2.24, 2.45) is 50.5 Å². The molecule has 0 aliphatic heterocycles. The molecule has 16 N–H and O–H groups in total. The number of aromatic nitrogens is 2. The SMILES string of the molecule is CC[C@H](C)[C@H](N)C(=O)N[C@@H](CCCN=C(N)N)C(=O)N[C@@H](Cc1cnc[nH]1)C(=O)N[C@@H](CC(C)C)C(=O)N[C@@H](CCCN=C(N)N)C(=O)O. The number of aliphatic carboxylic acids is 1. The number of rotatable bonds is 23. The fourth-order valence-electron chi connectivity index (χ4n) is 4.66. The molecule has 0 aromatic carbocycles. The number of carbonyl (C=O) groups is 5. The van der Waals surface area contributed by atoms with E-state index in [1.807, 2.05) is 27.7 Å². The first-order valence-corrected chi connectivity index (χ1v) is 16.3. The van der Waals surface area contributed by atoms with Crippen LogP contribution in [-0.2, 0) is 30.4 Å². The molecular weight excluding hydrogens is 638 g/mol. The summed E-state index contributed by atoms with van der Waals surface area (Å²) in [5, 5.41) is 20.2. The highest BCUT2D eigenvalue weighted by Gasteiger charge is 2.33. The van der Waals surface area contributed by atoms with Crippen LogP contribution in [0, 0.1) is 11.8 Å². The van der Waals surface area contributed by atoms with Gasteiger partial charge in [-0.25, -0.2) is 9.78 Å². The van der Waals surface area contributed by atoms with Gasteiger partial charge in [0.1, 0.15) is 24.2 Å². The molecule has 0 fully saturated rings. The number of guanidine groups is 2. The van der Waals surface area contributed by atoms with Crippen LogP contribution in [0.4, 0.5) is 0 Å². The molecule has 0 aliphatic carbocycles. The Morgan fingerprint density at radius 2 is 1.29 bits per heavy atom. The van der Waals surface area contributed by atoms with Crippen molar-refractivity contribution in [3.63, 3.8) is 0 Å². The van der Waals surface area contributed by atoms with E-state index in [1.54, 1.807) is 0 Å². The first-order valence-electron chi connectivity index (χ1n) is 16.3. The molecule has 6 atom stereocenters. The Hall–Kier alpha value is -4.94. The van der Waals surface area contributed by atoms with Gasteiger partial charge in [-0.3, -0.25) is 29.2 Å². The quantitative estimate of drug-likeness (QED) is 0.0322. The minimum absolute atomic E-state index is 0.0374. The maximum atomic E-state index is 13.8. The molecule has 1 aromatic heterocycles. The summed E-state index contributed by atoms with van der Waals surface area (Å²) >= 11 is 0. The number of nitrogens with zero attached hydrogens (tertiary/aromatic N) is 3. The third kappa shape index (κ3) is 16.6. The Balaban J connectivity index is 3.25. The number of nitrogens with two attached hydrogens (primary N) is 5. The normalized spacial score (nSPS) is 14.7. The molecule has 49 heavy (non-hydrogen) atoms. The Morgan fingerprint density at radius 1 is 0.796 bits per heavy atom. The first-order chi connectivity index (χ1) is 23.0. The monoisotopic (exact) mass is 693 g/mol. The molecule has 19 nitrogen and oxygen atoms in total. The Kier molecular flexibility index (Phi) is 18.8. The number of imidazole rings is 1. The smallest absolute Gasteiger partial charge is 0.326 e. The van der Waals surface area contributed by atoms with E-state index in [4.69, 9.17) is 28.7 Å². The van der Waals surface area contributed by atoms with E-state index in [9.17, 15) is 29.1 Å². The van der Waals surface area contributed by atoms with Crippen molar-refractivity contribution in [3.8, 4) is 0 Å². The summed E-state index contributed by atoms with van der Waals surface area (Å²) < 4.78 is 0. The minimum atomic E-state index is -1.27. The van der Waals surface area contributed by atoms with E-state index in [-0.39, 0.29) is 68.9 Å². The predicted octanol–water partition coefficient (Wildman–Crippen LogP) is -2.50. The van der Waals surface area contributed by atoms with Gasteiger partial charge in [0.05, 0.1) is 12.4 Å². The van der Waals surface area contributed by atoms with E-state index in [2.05, 4.69) is 41.2 Å². The van der Waals surface area contributed by atoms with E-state index < -0.39 is 59.8 Å². The van der Waals surface area contributed by atoms with Crippen LogP contribution in [0.3, 0.4) is 0 Å². The van der Waals surface area contributed by atoms with Gasteiger partial charge in [-0.2, -0.15) is 0 Å². The number of aromatic amines is 1. The first kappa shape index (κ1) is 42.1. The zero-order valence-electron chi connectivity index (χ0n) is 28.8. The highest BCUT2D eigenvalue weighted by atomic mass is 16.4. The fourth-order valence-corrected chi connectivity index (χ4v) is 4.66. The highest BCUT2D eigenvalue weighted by molar-refractivity contribution is 5.95. The number of H-pyrrole nitrogens is 1. The van der Waals surface area contributed by atoms with Crippen LogP contribution < -0.4 is 49.9 Å². The molecule has 0 radical (unpaired) electrons. The molecule has 0 aliphatic rings. The standard InChI is InChI=1S/C30H55N13O6/c1-5-17(4)23(31)27(47)40-19(8-6-10-37-29(32)33)24(44)43-22(13-18-14-36-15-39-18)26(46)42-21(12-16(2)3)25(45)41-20(28(48)49)9-7-11-38-30(34)35/h14-17,19-23H,5-13,31H2,1-4H3,(H,36,39)(H,40,47)(H,41,45)(H,42,46)(H,43,44)(H,48,49)(H4,32,33,37)(H4,34,35,38)/t17-,19-,20-,21-,22-,23-/m0/s1. The molecular formula is C30H55N13O6. The second-order valence-electron chi connectivity index (χ2n) is 12.3. The van der Waals surface area contributed by atoms with Gasteiger partial charge in [0.25, 0.3) is 0 Å². The van der Waals surface area contributed by atoms with Crippen LogP contribution in [0.15, 0.2) is 22.5 Å². The Labute approximate surface area is 286 Å². The molecule has 4 amide bonds. The van der Waals surface area contributed by atoms with Crippen LogP contribution in [-0.4, -0.2) is 99.9 Å². The Bertz CT molecular complexity index is 1260. The van der Waals surface area contributed by atoms with Crippen molar-refractivity contribution in [2.75, 3.05) is 13.1 Å². The number of carboxylic acid groups (broad SMARTS) is 1. The summed E-state index contributed by atoms with van der Waals surface area (Å²) in [7, 11) is 0. The van der Waals surface area contributed by atoms with Crippen LogP contribution in [0.2, 0.25) is 0 Å². The molecule has 0 saturated carbocycles. The lowest BCUT2D eigenvalue weighted by molar-refractivity contribution is -0.142. The lowest BCUT2D eigenvalue weighted by Gasteiger charge is -2.27. The molecule has 276 valence electrons. The number of carboxylic acids is 1. The topological polar surface area (TPSA) is 337 Å². The predicted molar refractivity (Wildman–Crippen MR) is 184 cm³/mol. The number of nitrogens with one attached hydrogen (secondary N) is 5. The van der Waals surface area contributed by atoms with Gasteiger partial charge in [-0.05, 0) is 43.9 Å². The number of amides is 4. The van der Waals surface area contributed by atoms with Crippen LogP contribution >= 0.6 is 0 Å². The maximum Gasteiger partial charge on any atom is 0.326 e. The van der Waals surface area contributed by atoms with E-state index in [1.165, 1.54) is 12.5 Å². The third-order valence-corrected chi connectivity index (χ3v) is 7.65. The van der Waals surface area contributed by atoms with Crippen LogP contribution in [0.25, 0.3) is 0 Å². The fraction of sp³-hybridized carbons (Fsp3) is 0.667. The molecule has 1 aromatic rings. The van der Waals surface area contributed by atoms with E-state index >= 15 is 0 Å². The number of carbonyl (C=O) groups excluding carboxylic acids is 4. The molecule has 19 heteroatoms. The summed E-state index contributed by atoms with van der Waals surface area (Å²) in [5.41, 5.74) is 28.1. The van der Waals surface area contributed by atoms with E-state index in [0.29, 0.717) is 18.5 Å². The Morgan fingerprint density at radius 3 is 1.78 bits per heavy atom. The van der Waals surface area contributed by atoms with Crippen molar-refractivity contribution < 1.29 is 29.1 Å². The summed E-state index contributed by atoms with van der Waals surface area (Å²) in [6.07, 6.45) is 4.40. The lowest BCUT2D eigenvalue weighted by Crippen LogP contribution is -2.59. The molecule has 0 unspecified atom stereocenters. The average Bonchev–Trinajstić information content (AvgIpc) is 3.54. The molecule has 0 bridgehead atoms. The molecule has 1 heterocycles. The zero-order chi connectivity index (χ0) is 37.1. The summed E-state index contributed by atoms with van der Waals surface area (Å²) in [5.74, 6) is -4.41. The third-order valence-electron chi connectivity index (χ3n) is 7.65. The average molecular weight is 694 g/mol. The molecule has 1 rings (SSSR count). The summed E-state index contributed by atoms with van der Waals surface area (Å²) in [6, 6.07) is -5.61. The van der Waals surface area contributed by atoms with Crippen molar-refractivity contribution in [2.45, 2.75) is 103 Å². The van der Waals surface area contributed by atoms with E-state index in [0.717, 1.165) is 0 Å². The number of hydrogen-bond acceptors (Lipinski definition) is 9. The van der Waals surface area contributed by atoms with Gasteiger partial charge >= 0.3 is 5.97 Å². The van der Waals surface area contributed by atoms with Crippen molar-refractivity contribution in [1.29, 1.82) is 0 Å². The zero-order valence-corrected chi connectivity index (χ0v) is 28.8. The summed E-state index contributed by atoms with van der Waals surface area (Å²) in [6.45, 7) is 7.73. The molecule has 0 saturated heterocycles. The lowest BCUT2D eigenvalue weighted by atomic mass is 9.98. The number of hydrogen-bond donors (Lipinski definition) is 11. The van der Waals surface area contributed by atoms with Crippen molar-refractivity contribution in [3.05, 3.63) is 18.2 Å². The van der Waals surface area contributed by atoms with Crippen LogP contribution in [0.1, 0.15) is 71.9 Å². The second kappa shape index (κ2) is 21.8.